The zero-order valence-corrected chi connectivity index (χ0v) is 14.2. The first-order chi connectivity index (χ1) is 11.0. The van der Waals surface area contributed by atoms with E-state index in [0.29, 0.717) is 4.88 Å². The van der Waals surface area contributed by atoms with E-state index in [1.54, 1.807) is 17.9 Å². The van der Waals surface area contributed by atoms with Crippen LogP contribution in [-0.4, -0.2) is 24.0 Å². The topological polar surface area (TPSA) is 46.6 Å². The summed E-state index contributed by atoms with van der Waals surface area (Å²) in [4.78, 5) is 28.2. The van der Waals surface area contributed by atoms with E-state index in [2.05, 4.69) is 0 Å². The largest absolute Gasteiger partial charge is 0.448 e. The summed E-state index contributed by atoms with van der Waals surface area (Å²) in [5.74, 6) is -0.617. The third-order valence-electron chi connectivity index (χ3n) is 4.02. The monoisotopic (exact) mass is 329 g/mol. The first-order valence-electron chi connectivity index (χ1n) is 7.65. The smallest absolute Gasteiger partial charge is 0.349 e. The molecule has 0 saturated carbocycles. The molecule has 5 heteroatoms. The number of para-hydroxylation sites is 1. The van der Waals surface area contributed by atoms with Gasteiger partial charge >= 0.3 is 5.97 Å². The van der Waals surface area contributed by atoms with Gasteiger partial charge in [0, 0.05) is 16.6 Å². The Hall–Kier alpha value is -2.14. The molecule has 0 fully saturated rings. The van der Waals surface area contributed by atoms with Crippen molar-refractivity contribution in [3.63, 3.8) is 0 Å². The molecule has 120 valence electrons. The highest BCUT2D eigenvalue weighted by atomic mass is 32.1. The Morgan fingerprint density at radius 1 is 1.26 bits per heavy atom. The number of aryl methyl sites for hydroxylation is 1. The average Bonchev–Trinajstić information content (AvgIpc) is 3.09. The van der Waals surface area contributed by atoms with Gasteiger partial charge in [0.2, 0.25) is 0 Å². The number of esters is 1. The van der Waals surface area contributed by atoms with Gasteiger partial charge in [-0.25, -0.2) is 4.79 Å². The summed E-state index contributed by atoms with van der Waals surface area (Å²) in [5, 5.41) is 0. The number of fused-ring (bicyclic) bond motifs is 1. The van der Waals surface area contributed by atoms with Crippen LogP contribution in [0.3, 0.4) is 0 Å². The van der Waals surface area contributed by atoms with Crippen LogP contribution in [0, 0.1) is 6.92 Å². The van der Waals surface area contributed by atoms with Crippen LogP contribution >= 0.6 is 11.3 Å². The molecule has 0 saturated heterocycles. The van der Waals surface area contributed by atoms with Crippen molar-refractivity contribution in [1.82, 2.24) is 0 Å². The second-order valence-electron chi connectivity index (χ2n) is 5.85. The van der Waals surface area contributed by atoms with Gasteiger partial charge in [-0.3, -0.25) is 4.79 Å². The minimum atomic E-state index is -0.807. The molecule has 0 unspecified atom stereocenters. The van der Waals surface area contributed by atoms with E-state index in [9.17, 15) is 9.59 Å². The van der Waals surface area contributed by atoms with Crippen molar-refractivity contribution in [2.45, 2.75) is 39.3 Å². The van der Waals surface area contributed by atoms with E-state index in [1.165, 1.54) is 11.3 Å². The Labute approximate surface area is 139 Å². The zero-order chi connectivity index (χ0) is 16.6. The Morgan fingerprint density at radius 3 is 2.70 bits per heavy atom. The van der Waals surface area contributed by atoms with Crippen molar-refractivity contribution in [3.8, 4) is 0 Å². The second kappa shape index (κ2) is 6.16. The number of amides is 1. The number of rotatable bonds is 3. The Morgan fingerprint density at radius 2 is 2.00 bits per heavy atom. The fraction of sp³-hybridized carbons (Fsp3) is 0.333. The van der Waals surface area contributed by atoms with Gasteiger partial charge in [-0.2, -0.15) is 0 Å². The third kappa shape index (κ3) is 3.01. The molecule has 2 heterocycles. The molecule has 23 heavy (non-hydrogen) atoms. The number of carbonyl (C=O) groups excluding carboxylic acids is 2. The number of nitrogens with zero attached hydrogens (tertiary/aromatic N) is 1. The Balaban J connectivity index is 1.74. The van der Waals surface area contributed by atoms with Crippen molar-refractivity contribution in [2.75, 3.05) is 4.90 Å². The van der Waals surface area contributed by atoms with Gasteiger partial charge in [-0.1, -0.05) is 18.2 Å². The lowest BCUT2D eigenvalue weighted by Gasteiger charge is -2.25. The number of carbonyl (C=O) groups is 2. The van der Waals surface area contributed by atoms with Crippen molar-refractivity contribution in [2.24, 2.45) is 0 Å². The highest BCUT2D eigenvalue weighted by Crippen LogP contribution is 2.32. The molecule has 2 aromatic rings. The lowest BCUT2D eigenvalue weighted by molar-refractivity contribution is -0.126. The standard InChI is InChI=1S/C18H19NO3S/c1-11-10-14-6-4-5-7-15(14)19(11)17(20)13(3)22-18(21)16-9-8-12(2)23-16/h4-9,11,13H,10H2,1-3H3/t11-,13+/m0/s1. The molecule has 1 aromatic carbocycles. The second-order valence-corrected chi connectivity index (χ2v) is 7.14. The van der Waals surface area contributed by atoms with Crippen molar-refractivity contribution in [3.05, 3.63) is 51.7 Å². The number of ether oxygens (including phenoxy) is 1. The van der Waals surface area contributed by atoms with Gasteiger partial charge in [0.25, 0.3) is 5.91 Å². The quantitative estimate of drug-likeness (QED) is 0.809. The van der Waals surface area contributed by atoms with Crippen molar-refractivity contribution in [1.29, 1.82) is 0 Å². The average molecular weight is 329 g/mol. The van der Waals surface area contributed by atoms with E-state index in [-0.39, 0.29) is 11.9 Å². The van der Waals surface area contributed by atoms with Crippen molar-refractivity contribution < 1.29 is 14.3 Å². The summed E-state index contributed by atoms with van der Waals surface area (Å²) in [6, 6.07) is 11.5. The molecule has 0 aliphatic carbocycles. The van der Waals surface area contributed by atoms with E-state index in [0.717, 1.165) is 22.5 Å². The summed E-state index contributed by atoms with van der Waals surface area (Å²) in [6.07, 6.45) is 0.0192. The fourth-order valence-electron chi connectivity index (χ4n) is 2.91. The molecule has 1 aliphatic heterocycles. The molecule has 1 aromatic heterocycles. The first kappa shape index (κ1) is 15.7. The normalized spacial score (nSPS) is 17.7. The number of hydrogen-bond donors (Lipinski definition) is 0. The molecule has 0 radical (unpaired) electrons. The third-order valence-corrected chi connectivity index (χ3v) is 5.00. The van der Waals surface area contributed by atoms with Gasteiger partial charge in [0.05, 0.1) is 0 Å². The number of thiophene rings is 1. The van der Waals surface area contributed by atoms with Crippen LogP contribution in [0.5, 0.6) is 0 Å². The van der Waals surface area contributed by atoms with Crippen LogP contribution in [-0.2, 0) is 16.0 Å². The fourth-order valence-corrected chi connectivity index (χ4v) is 3.66. The Bertz CT molecular complexity index is 752. The number of hydrogen-bond acceptors (Lipinski definition) is 4. The molecule has 0 spiro atoms. The SMILES string of the molecule is Cc1ccc(C(=O)O[C@H](C)C(=O)N2c3ccccc3C[C@@H]2C)s1. The highest BCUT2D eigenvalue weighted by molar-refractivity contribution is 7.13. The summed E-state index contributed by atoms with van der Waals surface area (Å²) in [5.41, 5.74) is 2.07. The summed E-state index contributed by atoms with van der Waals surface area (Å²) < 4.78 is 5.37. The number of anilines is 1. The molecule has 0 N–H and O–H groups in total. The van der Waals surface area contributed by atoms with Crippen LogP contribution in [0.4, 0.5) is 5.69 Å². The summed E-state index contributed by atoms with van der Waals surface area (Å²) >= 11 is 1.37. The predicted molar refractivity (Wildman–Crippen MR) is 91.0 cm³/mol. The lowest BCUT2D eigenvalue weighted by Crippen LogP contribution is -2.43. The lowest BCUT2D eigenvalue weighted by atomic mass is 10.1. The van der Waals surface area contributed by atoms with Crippen LogP contribution < -0.4 is 4.90 Å². The molecule has 1 amide bonds. The van der Waals surface area contributed by atoms with Crippen LogP contribution in [0.15, 0.2) is 36.4 Å². The maximum Gasteiger partial charge on any atom is 0.349 e. The van der Waals surface area contributed by atoms with E-state index >= 15 is 0 Å². The minimum absolute atomic E-state index is 0.0741. The van der Waals surface area contributed by atoms with Crippen LogP contribution in [0.1, 0.15) is 34.0 Å². The van der Waals surface area contributed by atoms with Gasteiger partial charge in [-0.15, -0.1) is 11.3 Å². The molecular formula is C18H19NO3S. The predicted octanol–water partition coefficient (Wildman–Crippen LogP) is 3.58. The maximum absolute atomic E-state index is 12.7. The maximum atomic E-state index is 12.7. The summed E-state index contributed by atoms with van der Waals surface area (Å²) in [7, 11) is 0. The zero-order valence-electron chi connectivity index (χ0n) is 13.4. The first-order valence-corrected chi connectivity index (χ1v) is 8.47. The molecule has 0 bridgehead atoms. The highest BCUT2D eigenvalue weighted by Gasteiger charge is 2.34. The Kier molecular flexibility index (Phi) is 4.22. The van der Waals surface area contributed by atoms with E-state index in [1.807, 2.05) is 44.2 Å². The van der Waals surface area contributed by atoms with Gasteiger partial charge in [0.15, 0.2) is 6.10 Å². The minimum Gasteiger partial charge on any atom is -0.448 e. The molecular weight excluding hydrogens is 310 g/mol. The summed E-state index contributed by atoms with van der Waals surface area (Å²) in [6.45, 7) is 5.57. The molecule has 3 rings (SSSR count). The number of benzene rings is 1. The van der Waals surface area contributed by atoms with Crippen LogP contribution in [0.25, 0.3) is 0 Å². The van der Waals surface area contributed by atoms with E-state index in [4.69, 9.17) is 4.74 Å². The van der Waals surface area contributed by atoms with Gasteiger partial charge < -0.3 is 9.64 Å². The molecule has 4 nitrogen and oxygen atoms in total. The van der Waals surface area contributed by atoms with E-state index < -0.39 is 12.1 Å². The van der Waals surface area contributed by atoms with Gasteiger partial charge in [-0.05, 0) is 51.0 Å². The van der Waals surface area contributed by atoms with Crippen LogP contribution in [0.2, 0.25) is 0 Å². The molecule has 2 atom stereocenters. The van der Waals surface area contributed by atoms with Crippen molar-refractivity contribution >= 4 is 28.9 Å². The molecule has 1 aliphatic rings. The van der Waals surface area contributed by atoms with Gasteiger partial charge in [0.1, 0.15) is 4.88 Å².